The van der Waals surface area contributed by atoms with E-state index in [0.717, 1.165) is 57.8 Å². The Morgan fingerprint density at radius 1 is 0.500 bits per heavy atom. The van der Waals surface area contributed by atoms with Crippen LogP contribution in [0.25, 0.3) is 0 Å². The third-order valence-corrected chi connectivity index (χ3v) is 11.1. The topological polar surface area (TPSA) is 95.9 Å². The van der Waals surface area contributed by atoms with E-state index in [4.69, 9.17) is 4.74 Å². The van der Waals surface area contributed by atoms with Gasteiger partial charge in [0.25, 0.3) is 0 Å². The molecular weight excluding hydrogens is 671 g/mol. The third kappa shape index (κ3) is 40.3. The van der Waals surface area contributed by atoms with Crippen molar-refractivity contribution >= 4 is 11.9 Å². The van der Waals surface area contributed by atoms with Gasteiger partial charge in [-0.05, 0) is 32.1 Å². The number of aliphatic hydroxyl groups excluding tert-OH is 2. The Bertz CT molecular complexity index is 802. The number of hydrogen-bond acceptors (Lipinski definition) is 5. The summed E-state index contributed by atoms with van der Waals surface area (Å²) in [4.78, 5) is 24.4. The number of esters is 1. The first-order chi connectivity index (χ1) is 26.5. The number of carbonyl (C=O) groups excluding carboxylic acids is 2. The van der Waals surface area contributed by atoms with Crippen LogP contribution in [-0.2, 0) is 14.3 Å². The van der Waals surface area contributed by atoms with Crippen LogP contribution in [0.1, 0.15) is 258 Å². The van der Waals surface area contributed by atoms with E-state index in [1.807, 2.05) is 6.08 Å². The second-order valence-electron chi connectivity index (χ2n) is 16.5. The second kappa shape index (κ2) is 44.3. The number of carbonyl (C=O) groups is 2. The van der Waals surface area contributed by atoms with Crippen LogP contribution in [0, 0.1) is 0 Å². The second-order valence-corrected chi connectivity index (χ2v) is 16.5. The normalized spacial score (nSPS) is 12.7. The quantitative estimate of drug-likeness (QED) is 0.0326. The number of aliphatic hydroxyl groups is 2. The Balaban J connectivity index is 3.50. The minimum absolute atomic E-state index is 0.0113. The van der Waals surface area contributed by atoms with Crippen molar-refractivity contribution in [2.75, 3.05) is 13.2 Å². The van der Waals surface area contributed by atoms with Gasteiger partial charge in [0.2, 0.25) is 5.91 Å². The van der Waals surface area contributed by atoms with Gasteiger partial charge in [-0.1, -0.05) is 225 Å². The van der Waals surface area contributed by atoms with Crippen molar-refractivity contribution in [2.45, 2.75) is 270 Å². The Morgan fingerprint density at radius 3 is 1.26 bits per heavy atom. The van der Waals surface area contributed by atoms with Crippen molar-refractivity contribution in [1.82, 2.24) is 5.32 Å². The molecule has 2 unspecified atom stereocenters. The molecule has 320 valence electrons. The molecule has 0 spiro atoms. The highest BCUT2D eigenvalue weighted by Gasteiger charge is 2.18. The summed E-state index contributed by atoms with van der Waals surface area (Å²) in [6.45, 7) is 4.86. The Kier molecular flexibility index (Phi) is 43.2. The molecule has 0 saturated carbocycles. The van der Waals surface area contributed by atoms with E-state index in [-0.39, 0.29) is 18.5 Å². The molecule has 3 N–H and O–H groups in total. The molecule has 0 aromatic rings. The van der Waals surface area contributed by atoms with Crippen LogP contribution in [0.15, 0.2) is 12.2 Å². The zero-order valence-corrected chi connectivity index (χ0v) is 36.2. The maximum atomic E-state index is 12.4. The van der Waals surface area contributed by atoms with Crippen molar-refractivity contribution in [2.24, 2.45) is 0 Å². The average molecular weight is 764 g/mol. The van der Waals surface area contributed by atoms with Crippen molar-refractivity contribution < 1.29 is 24.5 Å². The van der Waals surface area contributed by atoms with Gasteiger partial charge < -0.3 is 20.3 Å². The molecule has 2 atom stereocenters. The van der Waals surface area contributed by atoms with Crippen LogP contribution < -0.4 is 5.32 Å². The maximum absolute atomic E-state index is 12.4. The van der Waals surface area contributed by atoms with Crippen LogP contribution in [0.2, 0.25) is 0 Å². The molecule has 0 fully saturated rings. The molecule has 6 heteroatoms. The maximum Gasteiger partial charge on any atom is 0.305 e. The monoisotopic (exact) mass is 764 g/mol. The van der Waals surface area contributed by atoms with E-state index in [1.165, 1.54) is 173 Å². The molecule has 1 amide bonds. The van der Waals surface area contributed by atoms with Gasteiger partial charge in [-0.25, -0.2) is 0 Å². The van der Waals surface area contributed by atoms with E-state index in [0.29, 0.717) is 19.4 Å². The highest BCUT2D eigenvalue weighted by molar-refractivity contribution is 5.76. The van der Waals surface area contributed by atoms with Gasteiger partial charge in [0.15, 0.2) is 0 Å². The molecule has 0 heterocycles. The summed E-state index contributed by atoms with van der Waals surface area (Å²) < 4.78 is 5.44. The average Bonchev–Trinajstić information content (AvgIpc) is 3.17. The molecule has 6 nitrogen and oxygen atoms in total. The van der Waals surface area contributed by atoms with Gasteiger partial charge >= 0.3 is 5.97 Å². The molecule has 0 aromatic carbocycles. The van der Waals surface area contributed by atoms with Crippen LogP contribution in [0.3, 0.4) is 0 Å². The molecular formula is C48H93NO5. The highest BCUT2D eigenvalue weighted by atomic mass is 16.5. The van der Waals surface area contributed by atoms with E-state index >= 15 is 0 Å². The number of hydrogen-bond donors (Lipinski definition) is 3. The lowest BCUT2D eigenvalue weighted by Gasteiger charge is -2.20. The lowest BCUT2D eigenvalue weighted by Crippen LogP contribution is -2.45. The van der Waals surface area contributed by atoms with E-state index in [2.05, 4.69) is 19.2 Å². The van der Waals surface area contributed by atoms with Crippen LogP contribution in [0.4, 0.5) is 0 Å². The smallest absolute Gasteiger partial charge is 0.305 e. The standard InChI is InChI=1S/C48H93NO5/c1-3-5-7-9-11-13-15-16-17-21-24-28-32-36-40-46(51)45(44-50)49-47(52)41-37-33-29-25-22-18-19-23-27-31-35-39-43-54-48(53)42-38-34-30-26-20-14-12-10-8-6-4-2/h36,40,45-46,50-51H,3-35,37-39,41-44H2,1-2H3,(H,49,52)/b40-36+. The fourth-order valence-electron chi connectivity index (χ4n) is 7.34. The molecule has 0 bridgehead atoms. The summed E-state index contributed by atoms with van der Waals surface area (Å²) in [5.41, 5.74) is 0. The molecule has 0 rings (SSSR count). The summed E-state index contributed by atoms with van der Waals surface area (Å²) >= 11 is 0. The minimum Gasteiger partial charge on any atom is -0.466 e. The zero-order chi connectivity index (χ0) is 39.4. The van der Waals surface area contributed by atoms with Crippen LogP contribution >= 0.6 is 0 Å². The molecule has 0 aliphatic heterocycles. The van der Waals surface area contributed by atoms with E-state index in [1.54, 1.807) is 6.08 Å². The molecule has 0 aliphatic carbocycles. The molecule has 0 saturated heterocycles. The molecule has 0 aromatic heterocycles. The van der Waals surface area contributed by atoms with Gasteiger partial charge in [-0.2, -0.15) is 0 Å². The summed E-state index contributed by atoms with van der Waals surface area (Å²) in [7, 11) is 0. The van der Waals surface area contributed by atoms with Crippen LogP contribution in [0.5, 0.6) is 0 Å². The SMILES string of the molecule is CCCCCCCCCCCCCC/C=C/C(O)C(CO)NC(=O)CCCCCCCCCCCCCCOC(=O)CCCCCCCCCCCCC. The fourth-order valence-corrected chi connectivity index (χ4v) is 7.34. The predicted octanol–water partition coefficient (Wildman–Crippen LogP) is 13.8. The number of unbranched alkanes of at least 4 members (excludes halogenated alkanes) is 33. The van der Waals surface area contributed by atoms with Gasteiger partial charge in [0.05, 0.1) is 25.4 Å². The predicted molar refractivity (Wildman–Crippen MR) is 232 cm³/mol. The number of amides is 1. The first kappa shape index (κ1) is 52.6. The highest BCUT2D eigenvalue weighted by Crippen LogP contribution is 2.15. The van der Waals surface area contributed by atoms with Crippen molar-refractivity contribution in [1.29, 1.82) is 0 Å². The number of nitrogens with one attached hydrogen (secondary N) is 1. The van der Waals surface area contributed by atoms with Gasteiger partial charge in [0, 0.05) is 12.8 Å². The van der Waals surface area contributed by atoms with Gasteiger partial charge in [0.1, 0.15) is 0 Å². The Hall–Kier alpha value is -1.40. The third-order valence-electron chi connectivity index (χ3n) is 11.1. The molecule has 0 radical (unpaired) electrons. The fraction of sp³-hybridized carbons (Fsp3) is 0.917. The first-order valence-corrected chi connectivity index (χ1v) is 24.0. The van der Waals surface area contributed by atoms with E-state index in [9.17, 15) is 19.8 Å². The molecule has 0 aliphatic rings. The van der Waals surface area contributed by atoms with Crippen molar-refractivity contribution in [3.05, 3.63) is 12.2 Å². The number of rotatable bonds is 44. The van der Waals surface area contributed by atoms with E-state index < -0.39 is 12.1 Å². The van der Waals surface area contributed by atoms with Crippen molar-refractivity contribution in [3.63, 3.8) is 0 Å². The lowest BCUT2D eigenvalue weighted by atomic mass is 10.0. The summed E-state index contributed by atoms with van der Waals surface area (Å²) in [5, 5.41) is 23.0. The number of allylic oxidation sites excluding steroid dienone is 1. The summed E-state index contributed by atoms with van der Waals surface area (Å²) in [5.74, 6) is -0.0945. The molecule has 54 heavy (non-hydrogen) atoms. The van der Waals surface area contributed by atoms with Gasteiger partial charge in [-0.3, -0.25) is 9.59 Å². The summed E-state index contributed by atoms with van der Waals surface area (Å²) in [6, 6.07) is -0.637. The minimum atomic E-state index is -0.852. The lowest BCUT2D eigenvalue weighted by molar-refractivity contribution is -0.143. The van der Waals surface area contributed by atoms with Crippen molar-refractivity contribution in [3.8, 4) is 0 Å². The first-order valence-electron chi connectivity index (χ1n) is 24.0. The zero-order valence-electron chi connectivity index (χ0n) is 36.2. The number of ether oxygens (including phenoxy) is 1. The van der Waals surface area contributed by atoms with Crippen LogP contribution in [-0.4, -0.2) is 47.4 Å². The summed E-state index contributed by atoms with van der Waals surface area (Å²) in [6.07, 6.45) is 49.1. The largest absolute Gasteiger partial charge is 0.466 e. The Labute approximate surface area is 336 Å². The van der Waals surface area contributed by atoms with Gasteiger partial charge in [-0.15, -0.1) is 0 Å². The Morgan fingerprint density at radius 2 is 0.852 bits per heavy atom.